The van der Waals surface area contributed by atoms with E-state index in [4.69, 9.17) is 10.8 Å². The Kier molecular flexibility index (Phi) is 7.48. The second kappa shape index (κ2) is 8.91. The predicted molar refractivity (Wildman–Crippen MR) is 73.7 cm³/mol. The Morgan fingerprint density at radius 3 is 2.68 bits per heavy atom. The van der Waals surface area contributed by atoms with Crippen LogP contribution in [0.2, 0.25) is 0 Å². The Morgan fingerprint density at radius 1 is 1.21 bits per heavy atom. The van der Waals surface area contributed by atoms with Crippen molar-refractivity contribution in [2.45, 2.75) is 51.4 Å². The summed E-state index contributed by atoms with van der Waals surface area (Å²) in [5.74, 6) is -0.167. The third kappa shape index (κ3) is 6.57. The molecule has 0 radical (unpaired) electrons. The molecule has 1 saturated heterocycles. The molecule has 1 aliphatic rings. The van der Waals surface area contributed by atoms with Crippen LogP contribution in [-0.2, 0) is 9.59 Å². The number of aliphatic carboxylic acids is 1. The van der Waals surface area contributed by atoms with E-state index in [9.17, 15) is 9.59 Å². The van der Waals surface area contributed by atoms with Crippen molar-refractivity contribution in [1.82, 2.24) is 4.90 Å². The van der Waals surface area contributed by atoms with Gasteiger partial charge in [0.15, 0.2) is 0 Å². The molecule has 1 atom stereocenters. The van der Waals surface area contributed by atoms with Crippen LogP contribution >= 0.6 is 0 Å². The number of carboxylic acids is 1. The summed E-state index contributed by atoms with van der Waals surface area (Å²) in [6.45, 7) is 2.26. The maximum atomic E-state index is 12.0. The van der Waals surface area contributed by atoms with Gasteiger partial charge in [-0.3, -0.25) is 9.59 Å². The van der Waals surface area contributed by atoms with Gasteiger partial charge in [-0.05, 0) is 44.6 Å². The molecule has 110 valence electrons. The topological polar surface area (TPSA) is 83.6 Å². The van der Waals surface area contributed by atoms with Crippen LogP contribution in [0.25, 0.3) is 0 Å². The lowest BCUT2D eigenvalue weighted by Crippen LogP contribution is -2.39. The zero-order chi connectivity index (χ0) is 14.1. The first kappa shape index (κ1) is 16.0. The van der Waals surface area contributed by atoms with E-state index in [0.29, 0.717) is 25.3 Å². The van der Waals surface area contributed by atoms with Gasteiger partial charge in [0.05, 0.1) is 0 Å². The van der Waals surface area contributed by atoms with E-state index in [-0.39, 0.29) is 12.3 Å². The molecular weight excluding hydrogens is 244 g/mol. The molecule has 1 amide bonds. The Bertz CT molecular complexity index is 294. The molecule has 0 aromatic heterocycles. The molecule has 0 spiro atoms. The molecule has 5 heteroatoms. The highest BCUT2D eigenvalue weighted by molar-refractivity contribution is 5.76. The quantitative estimate of drug-likeness (QED) is 0.656. The highest BCUT2D eigenvalue weighted by atomic mass is 16.4. The second-order valence-corrected chi connectivity index (χ2v) is 5.38. The number of amides is 1. The first-order valence-corrected chi connectivity index (χ1v) is 7.33. The van der Waals surface area contributed by atoms with Crippen molar-refractivity contribution in [1.29, 1.82) is 0 Å². The van der Waals surface area contributed by atoms with Crippen LogP contribution in [-0.4, -0.2) is 41.5 Å². The highest BCUT2D eigenvalue weighted by Gasteiger charge is 2.23. The SMILES string of the molecule is NCCCCCC(=O)N1CCCC(CCC(=O)O)C1. The number of carboxylic acid groups (broad SMARTS) is 1. The lowest BCUT2D eigenvalue weighted by atomic mass is 9.93. The summed E-state index contributed by atoms with van der Waals surface area (Å²) < 4.78 is 0. The monoisotopic (exact) mass is 270 g/mol. The summed E-state index contributed by atoms with van der Waals surface area (Å²) >= 11 is 0. The zero-order valence-corrected chi connectivity index (χ0v) is 11.6. The van der Waals surface area contributed by atoms with Gasteiger partial charge in [-0.15, -0.1) is 0 Å². The number of nitrogens with zero attached hydrogens (tertiary/aromatic N) is 1. The first-order chi connectivity index (χ1) is 9.13. The van der Waals surface area contributed by atoms with E-state index in [1.807, 2.05) is 4.90 Å². The van der Waals surface area contributed by atoms with E-state index in [1.165, 1.54) is 0 Å². The van der Waals surface area contributed by atoms with Crippen molar-refractivity contribution >= 4 is 11.9 Å². The van der Waals surface area contributed by atoms with Crippen LogP contribution in [0.15, 0.2) is 0 Å². The Labute approximate surface area is 115 Å². The molecule has 19 heavy (non-hydrogen) atoms. The van der Waals surface area contributed by atoms with Gasteiger partial charge in [0, 0.05) is 25.9 Å². The zero-order valence-electron chi connectivity index (χ0n) is 11.6. The average Bonchev–Trinajstić information content (AvgIpc) is 2.41. The molecule has 0 aromatic rings. The smallest absolute Gasteiger partial charge is 0.303 e. The Balaban J connectivity index is 2.24. The number of unbranched alkanes of at least 4 members (excludes halogenated alkanes) is 2. The minimum Gasteiger partial charge on any atom is -0.481 e. The fourth-order valence-corrected chi connectivity index (χ4v) is 2.61. The van der Waals surface area contributed by atoms with E-state index < -0.39 is 5.97 Å². The van der Waals surface area contributed by atoms with Gasteiger partial charge < -0.3 is 15.7 Å². The van der Waals surface area contributed by atoms with E-state index >= 15 is 0 Å². The second-order valence-electron chi connectivity index (χ2n) is 5.38. The number of likely N-dealkylation sites (tertiary alicyclic amines) is 1. The molecule has 1 rings (SSSR count). The van der Waals surface area contributed by atoms with Crippen LogP contribution < -0.4 is 5.73 Å². The minimum absolute atomic E-state index is 0.212. The van der Waals surface area contributed by atoms with Crippen molar-refractivity contribution in [3.63, 3.8) is 0 Å². The van der Waals surface area contributed by atoms with E-state index in [2.05, 4.69) is 0 Å². The number of piperidine rings is 1. The summed E-state index contributed by atoms with van der Waals surface area (Å²) in [5.41, 5.74) is 5.42. The average molecular weight is 270 g/mol. The van der Waals surface area contributed by atoms with Gasteiger partial charge in [0.1, 0.15) is 0 Å². The van der Waals surface area contributed by atoms with Crippen LogP contribution in [0.5, 0.6) is 0 Å². The van der Waals surface area contributed by atoms with Crippen LogP contribution in [0, 0.1) is 5.92 Å². The molecule has 3 N–H and O–H groups in total. The van der Waals surface area contributed by atoms with Gasteiger partial charge in [0.25, 0.3) is 0 Å². The standard InChI is InChI=1S/C14H26N2O3/c15-9-3-1-2-6-13(17)16-10-4-5-12(11-16)7-8-14(18)19/h12H,1-11,15H2,(H,18,19). The third-order valence-electron chi connectivity index (χ3n) is 3.73. The molecule has 0 saturated carbocycles. The molecule has 1 heterocycles. The largest absolute Gasteiger partial charge is 0.481 e. The fourth-order valence-electron chi connectivity index (χ4n) is 2.61. The summed E-state index contributed by atoms with van der Waals surface area (Å²) in [5, 5.41) is 8.70. The van der Waals surface area contributed by atoms with Gasteiger partial charge in [0.2, 0.25) is 5.91 Å². The van der Waals surface area contributed by atoms with Crippen molar-refractivity contribution in [2.24, 2.45) is 11.7 Å². The van der Waals surface area contributed by atoms with Crippen molar-refractivity contribution in [3.05, 3.63) is 0 Å². The number of carbonyl (C=O) groups is 2. The molecule has 1 fully saturated rings. The summed E-state index contributed by atoms with van der Waals surface area (Å²) in [6.07, 6.45) is 6.45. The van der Waals surface area contributed by atoms with Gasteiger partial charge >= 0.3 is 5.97 Å². The number of rotatable bonds is 8. The fraction of sp³-hybridized carbons (Fsp3) is 0.857. The van der Waals surface area contributed by atoms with Gasteiger partial charge in [-0.25, -0.2) is 0 Å². The van der Waals surface area contributed by atoms with Crippen molar-refractivity contribution in [2.75, 3.05) is 19.6 Å². The number of nitrogens with two attached hydrogens (primary N) is 1. The molecule has 1 aliphatic heterocycles. The maximum Gasteiger partial charge on any atom is 0.303 e. The summed E-state index contributed by atoms with van der Waals surface area (Å²) in [4.78, 5) is 24.5. The normalized spacial score (nSPS) is 19.4. The number of hydrogen-bond donors (Lipinski definition) is 2. The lowest BCUT2D eigenvalue weighted by molar-refractivity contribution is -0.137. The molecule has 0 aromatic carbocycles. The lowest BCUT2D eigenvalue weighted by Gasteiger charge is -2.32. The van der Waals surface area contributed by atoms with Crippen LogP contribution in [0.1, 0.15) is 51.4 Å². The first-order valence-electron chi connectivity index (χ1n) is 7.33. The van der Waals surface area contributed by atoms with Crippen LogP contribution in [0.4, 0.5) is 0 Å². The van der Waals surface area contributed by atoms with E-state index in [0.717, 1.165) is 45.2 Å². The Morgan fingerprint density at radius 2 is 2.00 bits per heavy atom. The number of hydrogen-bond acceptors (Lipinski definition) is 3. The van der Waals surface area contributed by atoms with Crippen LogP contribution in [0.3, 0.4) is 0 Å². The molecule has 5 nitrogen and oxygen atoms in total. The number of carbonyl (C=O) groups excluding carboxylic acids is 1. The van der Waals surface area contributed by atoms with Crippen molar-refractivity contribution < 1.29 is 14.7 Å². The maximum absolute atomic E-state index is 12.0. The van der Waals surface area contributed by atoms with E-state index in [1.54, 1.807) is 0 Å². The summed E-state index contributed by atoms with van der Waals surface area (Å²) in [7, 11) is 0. The van der Waals surface area contributed by atoms with Gasteiger partial charge in [-0.1, -0.05) is 6.42 Å². The third-order valence-corrected chi connectivity index (χ3v) is 3.73. The predicted octanol–water partition coefficient (Wildman–Crippen LogP) is 1.61. The summed E-state index contributed by atoms with van der Waals surface area (Å²) in [6, 6.07) is 0. The highest BCUT2D eigenvalue weighted by Crippen LogP contribution is 2.21. The molecule has 1 unspecified atom stereocenters. The minimum atomic E-state index is -0.745. The molecular formula is C14H26N2O3. The molecule has 0 aliphatic carbocycles. The Hall–Kier alpha value is -1.10. The molecule has 0 bridgehead atoms. The van der Waals surface area contributed by atoms with Crippen molar-refractivity contribution in [3.8, 4) is 0 Å². The van der Waals surface area contributed by atoms with Gasteiger partial charge in [-0.2, -0.15) is 0 Å².